The van der Waals surface area contributed by atoms with E-state index in [0.29, 0.717) is 24.3 Å². The first-order valence-corrected chi connectivity index (χ1v) is 7.20. The molecular formula is C16H18N4O2. The molecule has 2 N–H and O–H groups in total. The quantitative estimate of drug-likeness (QED) is 0.867. The molecule has 1 aliphatic carbocycles. The van der Waals surface area contributed by atoms with Gasteiger partial charge in [-0.3, -0.25) is 4.68 Å². The highest BCUT2D eigenvalue weighted by atomic mass is 16.5. The van der Waals surface area contributed by atoms with E-state index >= 15 is 0 Å². The normalized spacial score (nSPS) is 23.6. The van der Waals surface area contributed by atoms with E-state index in [1.807, 2.05) is 24.4 Å². The first kappa shape index (κ1) is 14.6. The van der Waals surface area contributed by atoms with E-state index in [0.717, 1.165) is 5.56 Å². The Kier molecular flexibility index (Phi) is 4.09. The summed E-state index contributed by atoms with van der Waals surface area (Å²) in [4.78, 5) is 0. The summed E-state index contributed by atoms with van der Waals surface area (Å²) in [6, 6.07) is 9.64. The number of hydrogen-bond acceptors (Lipinski definition) is 5. The van der Waals surface area contributed by atoms with E-state index in [2.05, 4.69) is 16.5 Å². The Morgan fingerprint density at radius 3 is 3.05 bits per heavy atom. The monoisotopic (exact) mass is 298 g/mol. The molecule has 1 aliphatic rings. The van der Waals surface area contributed by atoms with Crippen LogP contribution < -0.4 is 10.1 Å². The standard InChI is InChI=1S/C16H18N4O2/c1-22-15-7-11(3-4-12(15)9-17)10-18-13-8-14(21)16(13)20-6-2-5-19-20/h2-7,13-14,16,18,21H,8,10H2,1H3/t13-,14+,16+/m0/s1. The number of hydrogen-bond donors (Lipinski definition) is 2. The summed E-state index contributed by atoms with van der Waals surface area (Å²) in [5.74, 6) is 0.582. The van der Waals surface area contributed by atoms with Crippen LogP contribution in [0.2, 0.25) is 0 Å². The van der Waals surface area contributed by atoms with Crippen molar-refractivity contribution in [1.29, 1.82) is 5.26 Å². The van der Waals surface area contributed by atoms with Crippen molar-refractivity contribution < 1.29 is 9.84 Å². The van der Waals surface area contributed by atoms with Crippen LogP contribution in [0.15, 0.2) is 36.7 Å². The van der Waals surface area contributed by atoms with E-state index < -0.39 is 0 Å². The molecule has 1 fully saturated rings. The number of nitriles is 1. The predicted molar refractivity (Wildman–Crippen MR) is 80.2 cm³/mol. The summed E-state index contributed by atoms with van der Waals surface area (Å²) in [6.45, 7) is 0.650. The van der Waals surface area contributed by atoms with Crippen molar-refractivity contribution in [2.75, 3.05) is 7.11 Å². The number of aliphatic hydroxyl groups is 1. The number of rotatable bonds is 5. The second-order valence-corrected chi connectivity index (χ2v) is 5.41. The van der Waals surface area contributed by atoms with Crippen molar-refractivity contribution in [1.82, 2.24) is 15.1 Å². The zero-order valence-electron chi connectivity index (χ0n) is 12.3. The average molecular weight is 298 g/mol. The lowest BCUT2D eigenvalue weighted by Crippen LogP contribution is -2.54. The van der Waals surface area contributed by atoms with E-state index in [9.17, 15) is 5.11 Å². The SMILES string of the molecule is COc1cc(CN[C@H]2C[C@@H](O)[C@@H]2n2cccn2)ccc1C#N. The second-order valence-electron chi connectivity index (χ2n) is 5.41. The second kappa shape index (κ2) is 6.18. The van der Waals surface area contributed by atoms with Gasteiger partial charge >= 0.3 is 0 Å². The number of aliphatic hydroxyl groups excluding tert-OH is 1. The van der Waals surface area contributed by atoms with Gasteiger partial charge in [-0.2, -0.15) is 10.4 Å². The third kappa shape index (κ3) is 2.69. The summed E-state index contributed by atoms with van der Waals surface area (Å²) < 4.78 is 7.01. The third-order valence-corrected chi connectivity index (χ3v) is 4.09. The lowest BCUT2D eigenvalue weighted by molar-refractivity contribution is -0.00822. The molecule has 22 heavy (non-hydrogen) atoms. The molecule has 6 nitrogen and oxygen atoms in total. The maximum absolute atomic E-state index is 9.94. The number of aromatic nitrogens is 2. The van der Waals surface area contributed by atoms with E-state index in [4.69, 9.17) is 10.00 Å². The molecule has 3 rings (SSSR count). The van der Waals surface area contributed by atoms with Gasteiger partial charge in [-0.25, -0.2) is 0 Å². The highest BCUT2D eigenvalue weighted by Gasteiger charge is 2.41. The molecule has 0 spiro atoms. The fourth-order valence-electron chi connectivity index (χ4n) is 2.82. The summed E-state index contributed by atoms with van der Waals surface area (Å²) in [6.07, 6.45) is 3.92. The zero-order chi connectivity index (χ0) is 15.5. The van der Waals surface area contributed by atoms with Gasteiger partial charge in [-0.15, -0.1) is 0 Å². The summed E-state index contributed by atoms with van der Waals surface area (Å²) >= 11 is 0. The lowest BCUT2D eigenvalue weighted by Gasteiger charge is -2.42. The fraction of sp³-hybridized carbons (Fsp3) is 0.375. The Hall–Kier alpha value is -2.36. The number of methoxy groups -OCH3 is 1. The number of benzene rings is 1. The molecule has 0 unspecified atom stereocenters. The summed E-state index contributed by atoms with van der Waals surface area (Å²) in [5, 5.41) is 26.6. The first-order chi connectivity index (χ1) is 10.7. The molecule has 1 aromatic heterocycles. The highest BCUT2D eigenvalue weighted by molar-refractivity contribution is 5.45. The molecule has 1 saturated carbocycles. The maximum atomic E-state index is 9.94. The average Bonchev–Trinajstić information content (AvgIpc) is 3.04. The van der Waals surface area contributed by atoms with Crippen LogP contribution in [-0.2, 0) is 6.54 Å². The number of nitrogens with zero attached hydrogens (tertiary/aromatic N) is 3. The lowest BCUT2D eigenvalue weighted by atomic mass is 9.83. The molecule has 3 atom stereocenters. The minimum Gasteiger partial charge on any atom is -0.495 e. The van der Waals surface area contributed by atoms with Gasteiger partial charge in [0.25, 0.3) is 0 Å². The first-order valence-electron chi connectivity index (χ1n) is 7.20. The molecule has 0 amide bonds. The van der Waals surface area contributed by atoms with Gasteiger partial charge in [0.05, 0.1) is 24.8 Å². The largest absolute Gasteiger partial charge is 0.495 e. The Labute approximate surface area is 128 Å². The van der Waals surface area contributed by atoms with Gasteiger partial charge in [0.2, 0.25) is 0 Å². The van der Waals surface area contributed by atoms with Crippen LogP contribution in [-0.4, -0.2) is 34.1 Å². The van der Waals surface area contributed by atoms with E-state index in [-0.39, 0.29) is 18.2 Å². The molecule has 0 bridgehead atoms. The van der Waals surface area contributed by atoms with Crippen molar-refractivity contribution in [3.05, 3.63) is 47.8 Å². The van der Waals surface area contributed by atoms with Crippen LogP contribution in [0.5, 0.6) is 5.75 Å². The number of ether oxygens (including phenoxy) is 1. The molecule has 0 radical (unpaired) electrons. The maximum Gasteiger partial charge on any atom is 0.136 e. The predicted octanol–water partition coefficient (Wildman–Crippen LogP) is 1.23. The van der Waals surface area contributed by atoms with Gasteiger partial charge in [-0.1, -0.05) is 6.07 Å². The minimum atomic E-state index is -0.368. The molecule has 114 valence electrons. The van der Waals surface area contributed by atoms with Crippen molar-refractivity contribution in [3.63, 3.8) is 0 Å². The topological polar surface area (TPSA) is 83.1 Å². The Morgan fingerprint density at radius 2 is 2.41 bits per heavy atom. The Bertz CT molecular complexity index is 678. The van der Waals surface area contributed by atoms with Crippen LogP contribution in [0.3, 0.4) is 0 Å². The van der Waals surface area contributed by atoms with Gasteiger partial charge < -0.3 is 15.2 Å². The smallest absolute Gasteiger partial charge is 0.136 e. The van der Waals surface area contributed by atoms with Crippen molar-refractivity contribution in [2.45, 2.75) is 31.2 Å². The molecule has 0 aliphatic heterocycles. The van der Waals surface area contributed by atoms with Gasteiger partial charge in [0.1, 0.15) is 11.8 Å². The van der Waals surface area contributed by atoms with Crippen LogP contribution in [0.4, 0.5) is 0 Å². The third-order valence-electron chi connectivity index (χ3n) is 4.09. The summed E-state index contributed by atoms with van der Waals surface area (Å²) in [5.41, 5.74) is 1.57. The summed E-state index contributed by atoms with van der Waals surface area (Å²) in [7, 11) is 1.56. The molecule has 6 heteroatoms. The molecule has 2 aromatic rings. The van der Waals surface area contributed by atoms with Gasteiger partial charge in [0, 0.05) is 25.0 Å². The van der Waals surface area contributed by atoms with Crippen LogP contribution >= 0.6 is 0 Å². The molecule has 0 saturated heterocycles. The number of nitrogens with one attached hydrogen (secondary N) is 1. The Balaban J connectivity index is 1.65. The molecule has 1 heterocycles. The van der Waals surface area contributed by atoms with Gasteiger partial charge in [-0.05, 0) is 30.2 Å². The van der Waals surface area contributed by atoms with Crippen LogP contribution in [0.1, 0.15) is 23.6 Å². The molecule has 1 aromatic carbocycles. The van der Waals surface area contributed by atoms with Crippen molar-refractivity contribution in [2.24, 2.45) is 0 Å². The minimum absolute atomic E-state index is 0.0322. The van der Waals surface area contributed by atoms with E-state index in [1.54, 1.807) is 24.1 Å². The molecular weight excluding hydrogens is 280 g/mol. The van der Waals surface area contributed by atoms with Crippen LogP contribution in [0, 0.1) is 11.3 Å². The van der Waals surface area contributed by atoms with Gasteiger partial charge in [0.15, 0.2) is 0 Å². The van der Waals surface area contributed by atoms with E-state index in [1.165, 1.54) is 0 Å². The fourth-order valence-corrected chi connectivity index (χ4v) is 2.82. The van der Waals surface area contributed by atoms with Crippen molar-refractivity contribution >= 4 is 0 Å². The zero-order valence-corrected chi connectivity index (χ0v) is 12.3. The Morgan fingerprint density at radius 1 is 1.55 bits per heavy atom. The highest BCUT2D eigenvalue weighted by Crippen LogP contribution is 2.32. The van der Waals surface area contributed by atoms with Crippen LogP contribution in [0.25, 0.3) is 0 Å². The van der Waals surface area contributed by atoms with Crippen molar-refractivity contribution in [3.8, 4) is 11.8 Å².